The van der Waals surface area contributed by atoms with Crippen LogP contribution < -0.4 is 20.5 Å². The number of carbonyl (C=O) groups is 2. The monoisotopic (exact) mass is 655 g/mol. The number of amides is 2. The van der Waals surface area contributed by atoms with Crippen LogP contribution in [0.25, 0.3) is 0 Å². The fourth-order valence-electron chi connectivity index (χ4n) is 5.01. The van der Waals surface area contributed by atoms with Gasteiger partial charge in [-0.3, -0.25) is 10.7 Å². The minimum Gasteiger partial charge on any atom is -0.493 e. The molecule has 11 nitrogen and oxygen atoms in total. The van der Waals surface area contributed by atoms with Crippen molar-refractivity contribution in [1.82, 2.24) is 10.2 Å². The highest BCUT2D eigenvalue weighted by molar-refractivity contribution is 6.04. The molecule has 1 heterocycles. The lowest BCUT2D eigenvalue weighted by atomic mass is 9.98. The molecule has 1 saturated heterocycles. The lowest BCUT2D eigenvalue weighted by Crippen LogP contribution is -2.36. The van der Waals surface area contributed by atoms with Crippen LogP contribution in [0.5, 0.6) is 11.5 Å². The molecule has 12 heteroatoms. The van der Waals surface area contributed by atoms with Crippen molar-refractivity contribution in [2.45, 2.75) is 71.6 Å². The van der Waals surface area contributed by atoms with Gasteiger partial charge in [-0.1, -0.05) is 39.5 Å². The summed E-state index contributed by atoms with van der Waals surface area (Å²) in [7, 11) is 0. The maximum Gasteiger partial charge on any atom is 0.435 e. The number of benzene rings is 2. The fraction of sp³-hybridized carbons (Fsp3) is 0.543. The normalized spacial score (nSPS) is 14.0. The number of nitrogens with zero attached hydrogens (tertiary/aromatic N) is 2. The van der Waals surface area contributed by atoms with Gasteiger partial charge in [-0.2, -0.15) is 4.99 Å². The minimum atomic E-state index is -0.764. The summed E-state index contributed by atoms with van der Waals surface area (Å²) >= 11 is 0. The van der Waals surface area contributed by atoms with Gasteiger partial charge >= 0.3 is 12.2 Å². The molecular formula is C35H50FN5O6. The third kappa shape index (κ3) is 14.0. The van der Waals surface area contributed by atoms with Crippen LogP contribution in [0.2, 0.25) is 0 Å². The number of hydrogen-bond acceptors (Lipinski definition) is 8. The average Bonchev–Trinajstić information content (AvgIpc) is 3.07. The highest BCUT2D eigenvalue weighted by atomic mass is 19.1. The molecule has 0 spiro atoms. The van der Waals surface area contributed by atoms with E-state index in [0.29, 0.717) is 37.1 Å². The molecule has 0 aromatic heterocycles. The molecule has 0 radical (unpaired) electrons. The van der Waals surface area contributed by atoms with E-state index in [1.54, 1.807) is 18.2 Å². The first-order valence-corrected chi connectivity index (χ1v) is 16.7. The van der Waals surface area contributed by atoms with Gasteiger partial charge in [-0.25, -0.2) is 14.0 Å². The van der Waals surface area contributed by atoms with E-state index >= 15 is 0 Å². The van der Waals surface area contributed by atoms with Crippen molar-refractivity contribution in [2.75, 3.05) is 46.1 Å². The van der Waals surface area contributed by atoms with Gasteiger partial charge in [0.1, 0.15) is 29.0 Å². The Morgan fingerprint density at radius 2 is 1.57 bits per heavy atom. The van der Waals surface area contributed by atoms with E-state index < -0.39 is 18.0 Å². The summed E-state index contributed by atoms with van der Waals surface area (Å²) in [6, 6.07) is 11.5. The van der Waals surface area contributed by atoms with Gasteiger partial charge in [0.2, 0.25) is 0 Å². The van der Waals surface area contributed by atoms with Crippen molar-refractivity contribution in [3.63, 3.8) is 0 Å². The molecule has 2 amide bonds. The van der Waals surface area contributed by atoms with Crippen LogP contribution in [0, 0.1) is 17.1 Å². The molecule has 0 unspecified atom stereocenters. The molecule has 1 aliphatic rings. The van der Waals surface area contributed by atoms with Gasteiger partial charge in [0.05, 0.1) is 32.0 Å². The predicted molar refractivity (Wildman–Crippen MR) is 180 cm³/mol. The lowest BCUT2D eigenvalue weighted by Gasteiger charge is -2.31. The number of carbonyl (C=O) groups excluding carboxylic acids is 2. The van der Waals surface area contributed by atoms with Gasteiger partial charge in [0, 0.05) is 18.2 Å². The third-order valence-electron chi connectivity index (χ3n) is 7.83. The number of piperidine rings is 1. The third-order valence-corrected chi connectivity index (χ3v) is 7.83. The molecule has 3 rings (SSSR count). The maximum atomic E-state index is 14.6. The van der Waals surface area contributed by atoms with E-state index in [1.807, 2.05) is 19.1 Å². The lowest BCUT2D eigenvalue weighted by molar-refractivity contribution is 0.135. The molecule has 2 aromatic rings. The molecule has 1 fully saturated rings. The Morgan fingerprint density at radius 1 is 0.915 bits per heavy atom. The zero-order valence-electron chi connectivity index (χ0n) is 27.7. The zero-order valence-corrected chi connectivity index (χ0v) is 27.7. The van der Waals surface area contributed by atoms with Crippen LogP contribution >= 0.6 is 0 Å². The largest absolute Gasteiger partial charge is 0.493 e. The van der Waals surface area contributed by atoms with Crippen LogP contribution in [0.1, 0.15) is 82.8 Å². The van der Waals surface area contributed by atoms with Crippen LogP contribution in [0.4, 0.5) is 14.0 Å². The summed E-state index contributed by atoms with van der Waals surface area (Å²) in [5.74, 6) is 0.676. The number of halogens is 1. The summed E-state index contributed by atoms with van der Waals surface area (Å²) in [6.07, 6.45) is 6.96. The van der Waals surface area contributed by atoms with Crippen LogP contribution in [0.15, 0.2) is 47.5 Å². The molecule has 258 valence electrons. The van der Waals surface area contributed by atoms with E-state index in [9.17, 15) is 14.0 Å². The van der Waals surface area contributed by atoms with E-state index in [0.717, 1.165) is 83.2 Å². The Bertz CT molecular complexity index is 1300. The first-order chi connectivity index (χ1) is 22.8. The Morgan fingerprint density at radius 3 is 2.23 bits per heavy atom. The molecular weight excluding hydrogens is 605 g/mol. The number of ether oxygens (including phenoxy) is 4. The second kappa shape index (κ2) is 20.8. The first kappa shape index (κ1) is 37.3. The number of aliphatic imine (C=N–C) groups is 1. The number of nitrogens with two attached hydrogens (primary N) is 1. The highest BCUT2D eigenvalue weighted by Crippen LogP contribution is 2.21. The van der Waals surface area contributed by atoms with Gasteiger partial charge in [-0.15, -0.1) is 0 Å². The SMILES string of the molecule is CCCCCOC(=O)N=C(N)c1ccc(OCC2CCN(CCCOc3ccc(C(=N)NC(=O)OCCCCC)c(F)c3)CC2)cc1. The van der Waals surface area contributed by atoms with Gasteiger partial charge in [-0.05, 0) is 87.5 Å². The van der Waals surface area contributed by atoms with E-state index in [1.165, 1.54) is 12.1 Å². The van der Waals surface area contributed by atoms with Crippen molar-refractivity contribution < 1.29 is 32.9 Å². The Kier molecular flexibility index (Phi) is 16.5. The topological polar surface area (TPSA) is 149 Å². The smallest absolute Gasteiger partial charge is 0.435 e. The van der Waals surface area contributed by atoms with E-state index in [-0.39, 0.29) is 23.8 Å². The summed E-state index contributed by atoms with van der Waals surface area (Å²) in [6.45, 7) is 8.61. The number of alkyl carbamates (subject to hydrolysis) is 1. The zero-order chi connectivity index (χ0) is 33.9. The maximum absolute atomic E-state index is 14.6. The number of likely N-dealkylation sites (tertiary alicyclic amines) is 1. The van der Waals surface area contributed by atoms with Crippen molar-refractivity contribution in [3.8, 4) is 11.5 Å². The number of nitrogens with one attached hydrogen (secondary N) is 2. The first-order valence-electron chi connectivity index (χ1n) is 16.7. The number of amidine groups is 2. The number of unbranched alkanes of at least 4 members (excludes halogenated alkanes) is 4. The molecule has 0 atom stereocenters. The summed E-state index contributed by atoms with van der Waals surface area (Å²) in [4.78, 5) is 29.9. The molecule has 0 saturated carbocycles. The molecule has 0 aliphatic carbocycles. The summed E-state index contributed by atoms with van der Waals surface area (Å²) in [5.41, 5.74) is 6.57. The van der Waals surface area contributed by atoms with Crippen LogP contribution in [-0.4, -0.2) is 74.8 Å². The molecule has 47 heavy (non-hydrogen) atoms. The Balaban J connectivity index is 1.29. The average molecular weight is 656 g/mol. The molecule has 4 N–H and O–H groups in total. The van der Waals surface area contributed by atoms with Gasteiger partial charge in [0.15, 0.2) is 0 Å². The Labute approximate surface area is 277 Å². The van der Waals surface area contributed by atoms with E-state index in [2.05, 4.69) is 22.1 Å². The van der Waals surface area contributed by atoms with E-state index in [4.69, 9.17) is 30.1 Å². The van der Waals surface area contributed by atoms with Crippen LogP contribution in [0.3, 0.4) is 0 Å². The van der Waals surface area contributed by atoms with Crippen molar-refractivity contribution >= 4 is 23.9 Å². The number of rotatable bonds is 18. The molecule has 1 aliphatic heterocycles. The molecule has 2 aromatic carbocycles. The van der Waals surface area contributed by atoms with Crippen molar-refractivity contribution in [3.05, 3.63) is 59.4 Å². The van der Waals surface area contributed by atoms with Gasteiger partial charge < -0.3 is 29.6 Å². The second-order valence-electron chi connectivity index (χ2n) is 11.6. The summed E-state index contributed by atoms with van der Waals surface area (Å²) in [5, 5.41) is 10.3. The Hall–Kier alpha value is -4.19. The summed E-state index contributed by atoms with van der Waals surface area (Å²) < 4.78 is 36.4. The fourth-order valence-corrected chi connectivity index (χ4v) is 5.01. The quantitative estimate of drug-likeness (QED) is 0.0917. The second-order valence-corrected chi connectivity index (χ2v) is 11.6. The van der Waals surface area contributed by atoms with Crippen molar-refractivity contribution in [1.29, 1.82) is 5.41 Å². The standard InChI is InChI=1S/C35H50FN5O6/c1-3-5-7-21-45-34(42)39-32(37)27-10-12-28(13-11-27)47-25-26-16-19-41(20-17-26)18-9-23-44-29-14-15-30(31(36)24-29)33(38)40-35(43)46-22-8-6-4-2/h10-15,24,26H,3-9,16-23,25H2,1-2H3,(H2,37,39,42)(H2,38,40,43). The molecule has 0 bridgehead atoms. The number of hydrogen-bond donors (Lipinski definition) is 3. The van der Waals surface area contributed by atoms with Gasteiger partial charge in [0.25, 0.3) is 0 Å². The predicted octanol–water partition coefficient (Wildman–Crippen LogP) is 6.66. The highest BCUT2D eigenvalue weighted by Gasteiger charge is 2.20. The minimum absolute atomic E-state index is 0.0297. The van der Waals surface area contributed by atoms with Crippen molar-refractivity contribution in [2.24, 2.45) is 16.6 Å². The van der Waals surface area contributed by atoms with Crippen LogP contribution in [-0.2, 0) is 9.47 Å².